The molecule has 0 unspecified atom stereocenters. The van der Waals surface area contributed by atoms with Gasteiger partial charge in [0.1, 0.15) is 5.75 Å². The molecule has 19 heavy (non-hydrogen) atoms. The van der Waals surface area contributed by atoms with Crippen LogP contribution in [-0.4, -0.2) is 32.8 Å². The SMILES string of the molecule is CCCCOc1ccc(C(=O)OC)c(C(=O)OC)c1. The highest BCUT2D eigenvalue weighted by atomic mass is 16.5. The molecule has 0 heterocycles. The maximum atomic E-state index is 11.7. The monoisotopic (exact) mass is 266 g/mol. The molecule has 0 amide bonds. The van der Waals surface area contributed by atoms with E-state index in [1.165, 1.54) is 26.4 Å². The zero-order valence-electron chi connectivity index (χ0n) is 11.4. The van der Waals surface area contributed by atoms with Crippen molar-refractivity contribution < 1.29 is 23.8 Å². The number of hydrogen-bond acceptors (Lipinski definition) is 5. The van der Waals surface area contributed by atoms with Crippen molar-refractivity contribution in [1.29, 1.82) is 0 Å². The summed E-state index contributed by atoms with van der Waals surface area (Å²) in [6.45, 7) is 2.62. The number of benzene rings is 1. The topological polar surface area (TPSA) is 61.8 Å². The minimum absolute atomic E-state index is 0.142. The van der Waals surface area contributed by atoms with Crippen LogP contribution in [0.5, 0.6) is 5.75 Å². The lowest BCUT2D eigenvalue weighted by atomic mass is 10.1. The Morgan fingerprint density at radius 1 is 1.05 bits per heavy atom. The van der Waals surface area contributed by atoms with Crippen LogP contribution in [0.2, 0.25) is 0 Å². The molecule has 5 heteroatoms. The van der Waals surface area contributed by atoms with Gasteiger partial charge < -0.3 is 14.2 Å². The molecular weight excluding hydrogens is 248 g/mol. The van der Waals surface area contributed by atoms with Crippen LogP contribution < -0.4 is 4.74 Å². The molecule has 5 nitrogen and oxygen atoms in total. The number of unbranched alkanes of at least 4 members (excludes halogenated alkanes) is 1. The zero-order valence-corrected chi connectivity index (χ0v) is 11.4. The summed E-state index contributed by atoms with van der Waals surface area (Å²) >= 11 is 0. The van der Waals surface area contributed by atoms with E-state index < -0.39 is 11.9 Å². The lowest BCUT2D eigenvalue weighted by molar-refractivity contribution is 0.0555. The lowest BCUT2D eigenvalue weighted by Gasteiger charge is -2.10. The third-order valence-electron chi connectivity index (χ3n) is 2.57. The molecule has 0 aromatic heterocycles. The van der Waals surface area contributed by atoms with Gasteiger partial charge in [0.25, 0.3) is 0 Å². The normalized spacial score (nSPS) is 9.84. The van der Waals surface area contributed by atoms with E-state index in [1.807, 2.05) is 0 Å². The Labute approximate surface area is 112 Å². The van der Waals surface area contributed by atoms with Crippen molar-refractivity contribution >= 4 is 11.9 Å². The van der Waals surface area contributed by atoms with E-state index in [-0.39, 0.29) is 11.1 Å². The van der Waals surface area contributed by atoms with Crippen molar-refractivity contribution in [2.45, 2.75) is 19.8 Å². The van der Waals surface area contributed by atoms with Crippen molar-refractivity contribution in [3.8, 4) is 5.75 Å². The van der Waals surface area contributed by atoms with E-state index in [9.17, 15) is 9.59 Å². The largest absolute Gasteiger partial charge is 0.494 e. The first-order valence-corrected chi connectivity index (χ1v) is 6.07. The number of methoxy groups -OCH3 is 2. The van der Waals surface area contributed by atoms with Gasteiger partial charge in [-0.25, -0.2) is 9.59 Å². The molecule has 1 rings (SSSR count). The summed E-state index contributed by atoms with van der Waals surface area (Å²) in [7, 11) is 2.52. The van der Waals surface area contributed by atoms with E-state index in [1.54, 1.807) is 6.07 Å². The van der Waals surface area contributed by atoms with Gasteiger partial charge in [-0.2, -0.15) is 0 Å². The average Bonchev–Trinajstić information content (AvgIpc) is 2.45. The van der Waals surface area contributed by atoms with Gasteiger partial charge in [0.05, 0.1) is 32.0 Å². The summed E-state index contributed by atoms with van der Waals surface area (Å²) in [6.07, 6.45) is 1.94. The molecule has 0 aliphatic carbocycles. The second-order valence-corrected chi connectivity index (χ2v) is 3.89. The number of hydrogen-bond donors (Lipinski definition) is 0. The highest BCUT2D eigenvalue weighted by Crippen LogP contribution is 2.20. The molecule has 0 N–H and O–H groups in total. The summed E-state index contributed by atoms with van der Waals surface area (Å²) in [4.78, 5) is 23.2. The van der Waals surface area contributed by atoms with Gasteiger partial charge in [-0.1, -0.05) is 13.3 Å². The van der Waals surface area contributed by atoms with Crippen LogP contribution in [0.3, 0.4) is 0 Å². The summed E-state index contributed by atoms with van der Waals surface area (Å²) in [5.74, 6) is -0.650. The minimum Gasteiger partial charge on any atom is -0.494 e. The predicted octanol–water partition coefficient (Wildman–Crippen LogP) is 2.44. The lowest BCUT2D eigenvalue weighted by Crippen LogP contribution is -2.12. The highest BCUT2D eigenvalue weighted by molar-refractivity contribution is 6.03. The van der Waals surface area contributed by atoms with Crippen LogP contribution >= 0.6 is 0 Å². The van der Waals surface area contributed by atoms with Crippen molar-refractivity contribution in [2.75, 3.05) is 20.8 Å². The Kier molecular flexibility index (Phi) is 5.85. The summed E-state index contributed by atoms with van der Waals surface area (Å²) in [5.41, 5.74) is 0.306. The molecule has 0 aliphatic heterocycles. The van der Waals surface area contributed by atoms with Gasteiger partial charge in [0, 0.05) is 0 Å². The predicted molar refractivity (Wildman–Crippen MR) is 69.5 cm³/mol. The van der Waals surface area contributed by atoms with Crippen LogP contribution in [0.4, 0.5) is 0 Å². The summed E-state index contributed by atoms with van der Waals surface area (Å²) in [5, 5.41) is 0. The molecule has 1 aromatic carbocycles. The molecular formula is C14H18O5. The van der Waals surface area contributed by atoms with Gasteiger partial charge in [-0.15, -0.1) is 0 Å². The Hall–Kier alpha value is -2.04. The fourth-order valence-electron chi connectivity index (χ4n) is 1.51. The summed E-state index contributed by atoms with van der Waals surface area (Å²) < 4.78 is 14.8. The van der Waals surface area contributed by atoms with E-state index in [2.05, 4.69) is 16.4 Å². The van der Waals surface area contributed by atoms with Crippen molar-refractivity contribution in [2.24, 2.45) is 0 Å². The fourth-order valence-corrected chi connectivity index (χ4v) is 1.51. The second-order valence-electron chi connectivity index (χ2n) is 3.89. The van der Waals surface area contributed by atoms with Crippen LogP contribution in [0.1, 0.15) is 40.5 Å². The third-order valence-corrected chi connectivity index (χ3v) is 2.57. The quantitative estimate of drug-likeness (QED) is 0.584. The number of rotatable bonds is 6. The molecule has 0 saturated heterocycles. The van der Waals surface area contributed by atoms with Crippen molar-refractivity contribution in [3.63, 3.8) is 0 Å². The Balaban J connectivity index is 3.01. The first kappa shape index (κ1) is 15.0. The van der Waals surface area contributed by atoms with Crippen LogP contribution in [-0.2, 0) is 9.47 Å². The van der Waals surface area contributed by atoms with Crippen LogP contribution in [0.15, 0.2) is 18.2 Å². The Morgan fingerprint density at radius 3 is 2.26 bits per heavy atom. The smallest absolute Gasteiger partial charge is 0.338 e. The molecule has 0 saturated carbocycles. The number of esters is 2. The molecule has 0 bridgehead atoms. The molecule has 0 fully saturated rings. The van der Waals surface area contributed by atoms with E-state index in [0.717, 1.165) is 12.8 Å². The minimum atomic E-state index is -0.596. The Bertz CT molecular complexity index is 453. The van der Waals surface area contributed by atoms with E-state index in [4.69, 9.17) is 4.74 Å². The molecule has 0 atom stereocenters. The van der Waals surface area contributed by atoms with Gasteiger partial charge >= 0.3 is 11.9 Å². The van der Waals surface area contributed by atoms with Gasteiger partial charge in [-0.3, -0.25) is 0 Å². The van der Waals surface area contributed by atoms with Gasteiger partial charge in [0.2, 0.25) is 0 Å². The number of carbonyl (C=O) groups excluding carboxylic acids is 2. The molecule has 0 spiro atoms. The van der Waals surface area contributed by atoms with Gasteiger partial charge in [-0.05, 0) is 24.6 Å². The molecule has 1 aromatic rings. The van der Waals surface area contributed by atoms with Crippen LogP contribution in [0.25, 0.3) is 0 Å². The molecule has 104 valence electrons. The zero-order chi connectivity index (χ0) is 14.3. The van der Waals surface area contributed by atoms with E-state index >= 15 is 0 Å². The maximum Gasteiger partial charge on any atom is 0.338 e. The second kappa shape index (κ2) is 7.41. The van der Waals surface area contributed by atoms with Crippen LogP contribution in [0, 0.1) is 0 Å². The standard InChI is InChI=1S/C14H18O5/c1-4-5-8-19-10-6-7-11(13(15)17-2)12(9-10)14(16)18-3/h6-7,9H,4-5,8H2,1-3H3. The number of ether oxygens (including phenoxy) is 3. The first-order valence-electron chi connectivity index (χ1n) is 6.07. The molecule has 0 radical (unpaired) electrons. The maximum absolute atomic E-state index is 11.7. The summed E-state index contributed by atoms with van der Waals surface area (Å²) in [6, 6.07) is 4.63. The van der Waals surface area contributed by atoms with E-state index in [0.29, 0.717) is 12.4 Å². The number of carbonyl (C=O) groups is 2. The van der Waals surface area contributed by atoms with Crippen molar-refractivity contribution in [1.82, 2.24) is 0 Å². The third kappa shape index (κ3) is 3.98. The fraction of sp³-hybridized carbons (Fsp3) is 0.429. The Morgan fingerprint density at radius 2 is 1.68 bits per heavy atom. The average molecular weight is 266 g/mol. The highest BCUT2D eigenvalue weighted by Gasteiger charge is 2.19. The first-order chi connectivity index (χ1) is 9.13. The van der Waals surface area contributed by atoms with Crippen molar-refractivity contribution in [3.05, 3.63) is 29.3 Å². The molecule has 0 aliphatic rings. The van der Waals surface area contributed by atoms with Gasteiger partial charge in [0.15, 0.2) is 0 Å².